The number of halogens is 1. The fourth-order valence-electron chi connectivity index (χ4n) is 1.44. The average Bonchev–Trinajstić information content (AvgIpc) is 2.37. The molecule has 1 aromatic rings. The van der Waals surface area contributed by atoms with Crippen molar-refractivity contribution in [3.8, 4) is 5.75 Å². The lowest BCUT2D eigenvalue weighted by atomic mass is 10.1. The molecule has 106 valence electrons. The van der Waals surface area contributed by atoms with Gasteiger partial charge in [0.15, 0.2) is 6.10 Å². The van der Waals surface area contributed by atoms with E-state index in [4.69, 9.17) is 21.4 Å². The molecule has 0 saturated heterocycles. The van der Waals surface area contributed by atoms with Crippen LogP contribution in [0.5, 0.6) is 5.75 Å². The van der Waals surface area contributed by atoms with Gasteiger partial charge in [-0.25, -0.2) is 0 Å². The van der Waals surface area contributed by atoms with E-state index in [9.17, 15) is 4.79 Å². The summed E-state index contributed by atoms with van der Waals surface area (Å²) < 4.78 is 5.51. The summed E-state index contributed by atoms with van der Waals surface area (Å²) in [4.78, 5) is 11.9. The van der Waals surface area contributed by atoms with Crippen molar-refractivity contribution < 1.29 is 14.6 Å². The van der Waals surface area contributed by atoms with Crippen LogP contribution >= 0.6 is 11.6 Å². The predicted molar refractivity (Wildman–Crippen MR) is 75.4 cm³/mol. The van der Waals surface area contributed by atoms with Gasteiger partial charge in [-0.3, -0.25) is 4.79 Å². The fourth-order valence-corrected chi connectivity index (χ4v) is 1.62. The number of carbonyl (C=O) groups excluding carboxylic acids is 1. The molecule has 5 heteroatoms. The van der Waals surface area contributed by atoms with Gasteiger partial charge in [-0.1, -0.05) is 24.6 Å². The molecule has 0 aliphatic rings. The van der Waals surface area contributed by atoms with Crippen molar-refractivity contribution >= 4 is 17.5 Å². The highest BCUT2D eigenvalue weighted by Crippen LogP contribution is 2.18. The van der Waals surface area contributed by atoms with E-state index in [1.807, 2.05) is 13.8 Å². The van der Waals surface area contributed by atoms with Crippen molar-refractivity contribution in [2.45, 2.75) is 32.9 Å². The van der Waals surface area contributed by atoms with E-state index in [0.29, 0.717) is 10.8 Å². The van der Waals surface area contributed by atoms with Gasteiger partial charge in [0.05, 0.1) is 0 Å². The Balaban J connectivity index is 2.53. The first-order valence-corrected chi connectivity index (χ1v) is 6.65. The Labute approximate surface area is 118 Å². The molecule has 0 aliphatic carbocycles. The van der Waals surface area contributed by atoms with Crippen LogP contribution in [0.4, 0.5) is 0 Å². The lowest BCUT2D eigenvalue weighted by Crippen LogP contribution is -2.44. The quantitative estimate of drug-likeness (QED) is 0.843. The molecule has 1 rings (SSSR count). The van der Waals surface area contributed by atoms with E-state index in [0.717, 1.165) is 0 Å². The minimum Gasteiger partial charge on any atom is -0.481 e. The molecule has 0 fully saturated rings. The third kappa shape index (κ3) is 5.09. The molecule has 1 amide bonds. The summed E-state index contributed by atoms with van der Waals surface area (Å²) in [5.41, 5.74) is 0. The van der Waals surface area contributed by atoms with E-state index < -0.39 is 6.10 Å². The van der Waals surface area contributed by atoms with Crippen LogP contribution in [0.25, 0.3) is 0 Å². The molecule has 0 aliphatic heterocycles. The van der Waals surface area contributed by atoms with Crippen LogP contribution < -0.4 is 10.1 Å². The number of aliphatic hydroxyl groups is 1. The maximum absolute atomic E-state index is 11.9. The summed E-state index contributed by atoms with van der Waals surface area (Å²) >= 11 is 5.84. The summed E-state index contributed by atoms with van der Waals surface area (Å²) in [5.74, 6) is 0.341. The summed E-state index contributed by atoms with van der Waals surface area (Å²) in [5, 5.41) is 12.4. The highest BCUT2D eigenvalue weighted by Gasteiger charge is 2.19. The molecule has 19 heavy (non-hydrogen) atoms. The highest BCUT2D eigenvalue weighted by atomic mass is 35.5. The van der Waals surface area contributed by atoms with Crippen LogP contribution in [0.3, 0.4) is 0 Å². The zero-order valence-electron chi connectivity index (χ0n) is 11.4. The van der Waals surface area contributed by atoms with E-state index in [1.54, 1.807) is 31.2 Å². The molecule has 0 heterocycles. The maximum Gasteiger partial charge on any atom is 0.260 e. The van der Waals surface area contributed by atoms with Gasteiger partial charge in [0.2, 0.25) is 0 Å². The molecule has 0 aromatic heterocycles. The molecule has 3 atom stereocenters. The molecular weight excluding hydrogens is 266 g/mol. The van der Waals surface area contributed by atoms with E-state index in [2.05, 4.69) is 5.32 Å². The Kier molecular flexibility index (Phi) is 6.12. The Morgan fingerprint density at radius 2 is 2.11 bits per heavy atom. The van der Waals surface area contributed by atoms with Gasteiger partial charge in [0, 0.05) is 17.7 Å². The molecule has 0 saturated carbocycles. The van der Waals surface area contributed by atoms with Crippen molar-refractivity contribution in [3.05, 3.63) is 29.3 Å². The largest absolute Gasteiger partial charge is 0.481 e. The molecule has 3 unspecified atom stereocenters. The lowest BCUT2D eigenvalue weighted by Gasteiger charge is -2.22. The monoisotopic (exact) mass is 285 g/mol. The number of hydrogen-bond acceptors (Lipinski definition) is 3. The second-order valence-electron chi connectivity index (χ2n) is 4.67. The fraction of sp³-hybridized carbons (Fsp3) is 0.500. The zero-order chi connectivity index (χ0) is 14.4. The van der Waals surface area contributed by atoms with Crippen molar-refractivity contribution in [1.29, 1.82) is 0 Å². The van der Waals surface area contributed by atoms with Crippen LogP contribution in [0.2, 0.25) is 5.02 Å². The minimum atomic E-state index is -0.619. The van der Waals surface area contributed by atoms with E-state index >= 15 is 0 Å². The lowest BCUT2D eigenvalue weighted by molar-refractivity contribution is -0.128. The number of amides is 1. The molecule has 0 spiro atoms. The second kappa shape index (κ2) is 7.36. The van der Waals surface area contributed by atoms with Gasteiger partial charge in [-0.2, -0.15) is 0 Å². The van der Waals surface area contributed by atoms with Gasteiger partial charge in [-0.05, 0) is 38.0 Å². The van der Waals surface area contributed by atoms with Crippen LogP contribution in [0, 0.1) is 5.92 Å². The van der Waals surface area contributed by atoms with E-state index in [-0.39, 0.29) is 24.5 Å². The molecule has 0 bridgehead atoms. The standard InChI is InChI=1S/C14H20ClNO3/c1-9(8-17)10(2)16-14(18)11(3)19-13-6-4-5-12(15)7-13/h4-7,9-11,17H,8H2,1-3H3,(H,16,18). The third-order valence-corrected chi connectivity index (χ3v) is 3.22. The topological polar surface area (TPSA) is 58.6 Å². The molecule has 0 radical (unpaired) electrons. The second-order valence-corrected chi connectivity index (χ2v) is 5.11. The number of rotatable bonds is 6. The van der Waals surface area contributed by atoms with Crippen molar-refractivity contribution in [3.63, 3.8) is 0 Å². The van der Waals surface area contributed by atoms with Crippen LogP contribution in [-0.4, -0.2) is 29.8 Å². The van der Waals surface area contributed by atoms with Gasteiger partial charge in [0.25, 0.3) is 5.91 Å². The Bertz CT molecular complexity index is 425. The number of ether oxygens (including phenoxy) is 1. The first-order chi connectivity index (χ1) is 8.93. The number of benzene rings is 1. The number of aliphatic hydroxyl groups excluding tert-OH is 1. The minimum absolute atomic E-state index is 0.00215. The average molecular weight is 286 g/mol. The van der Waals surface area contributed by atoms with Crippen LogP contribution in [0.1, 0.15) is 20.8 Å². The van der Waals surface area contributed by atoms with Crippen LogP contribution in [0.15, 0.2) is 24.3 Å². The summed E-state index contributed by atoms with van der Waals surface area (Å²) in [6.45, 7) is 5.43. The maximum atomic E-state index is 11.9. The summed E-state index contributed by atoms with van der Waals surface area (Å²) in [7, 11) is 0. The van der Waals surface area contributed by atoms with Gasteiger partial charge in [-0.15, -0.1) is 0 Å². The SMILES string of the molecule is CC(Oc1cccc(Cl)c1)C(=O)NC(C)C(C)CO. The van der Waals surface area contributed by atoms with Gasteiger partial charge >= 0.3 is 0 Å². The summed E-state index contributed by atoms with van der Waals surface area (Å²) in [6, 6.07) is 6.80. The first-order valence-electron chi connectivity index (χ1n) is 6.27. The zero-order valence-corrected chi connectivity index (χ0v) is 12.1. The first kappa shape index (κ1) is 15.8. The molecule has 2 N–H and O–H groups in total. The normalized spacial score (nSPS) is 15.4. The number of carbonyl (C=O) groups is 1. The van der Waals surface area contributed by atoms with Crippen LogP contribution in [-0.2, 0) is 4.79 Å². The van der Waals surface area contributed by atoms with Crippen molar-refractivity contribution in [2.75, 3.05) is 6.61 Å². The molecule has 4 nitrogen and oxygen atoms in total. The summed E-state index contributed by atoms with van der Waals surface area (Å²) in [6.07, 6.45) is -0.619. The van der Waals surface area contributed by atoms with Gasteiger partial charge < -0.3 is 15.2 Å². The Morgan fingerprint density at radius 1 is 1.42 bits per heavy atom. The molecule has 1 aromatic carbocycles. The number of hydrogen-bond donors (Lipinski definition) is 2. The van der Waals surface area contributed by atoms with Gasteiger partial charge in [0.1, 0.15) is 5.75 Å². The van der Waals surface area contributed by atoms with Crippen molar-refractivity contribution in [1.82, 2.24) is 5.32 Å². The highest BCUT2D eigenvalue weighted by molar-refractivity contribution is 6.30. The smallest absolute Gasteiger partial charge is 0.260 e. The Hall–Kier alpha value is -1.26. The van der Waals surface area contributed by atoms with E-state index in [1.165, 1.54) is 0 Å². The third-order valence-electron chi connectivity index (χ3n) is 2.99. The Morgan fingerprint density at radius 3 is 2.68 bits per heavy atom. The van der Waals surface area contributed by atoms with Crippen molar-refractivity contribution in [2.24, 2.45) is 5.92 Å². The molecular formula is C14H20ClNO3. The number of nitrogens with one attached hydrogen (secondary N) is 1. The predicted octanol–water partition coefficient (Wildman–Crippen LogP) is 2.24.